The smallest absolute Gasteiger partial charge is 0.170 e. The van der Waals surface area contributed by atoms with E-state index in [1.165, 1.54) is 6.07 Å². The lowest BCUT2D eigenvalue weighted by Gasteiger charge is -2.25. The number of likely N-dealkylation sites (N-methyl/N-ethyl adjacent to an activating group) is 1. The number of fused-ring (bicyclic) bond motifs is 1. The van der Waals surface area contributed by atoms with Gasteiger partial charge < -0.3 is 10.1 Å². The van der Waals surface area contributed by atoms with E-state index in [2.05, 4.69) is 10.1 Å². The molecule has 0 amide bonds. The minimum absolute atomic E-state index is 0.0203. The quantitative estimate of drug-likeness (QED) is 0.362. The van der Waals surface area contributed by atoms with Gasteiger partial charge in [-0.05, 0) is 30.3 Å². The first kappa shape index (κ1) is 18.2. The first-order chi connectivity index (χ1) is 12.4. The van der Waals surface area contributed by atoms with E-state index in [4.69, 9.17) is 11.6 Å². The number of nitrogens with zero attached hydrogens (tertiary/aromatic N) is 4. The molecule has 26 heavy (non-hydrogen) atoms. The van der Waals surface area contributed by atoms with Crippen molar-refractivity contribution in [3.05, 3.63) is 69.4 Å². The number of amidine groups is 1. The third kappa shape index (κ3) is 3.36. The van der Waals surface area contributed by atoms with Gasteiger partial charge in [-0.2, -0.15) is 0 Å². The maximum atomic E-state index is 14.4. The van der Waals surface area contributed by atoms with Crippen LogP contribution >= 0.6 is 11.6 Å². The highest BCUT2D eigenvalue weighted by molar-refractivity contribution is 6.30. The summed E-state index contributed by atoms with van der Waals surface area (Å²) in [6.45, 7) is -0.0203. The van der Waals surface area contributed by atoms with Crippen molar-refractivity contribution in [2.45, 2.75) is 6.04 Å². The van der Waals surface area contributed by atoms with Crippen LogP contribution in [0.25, 0.3) is 5.70 Å². The second kappa shape index (κ2) is 7.31. The molecule has 8 heteroatoms. The summed E-state index contributed by atoms with van der Waals surface area (Å²) >= 11 is 6.13. The Labute approximate surface area is 154 Å². The zero-order chi connectivity index (χ0) is 18.8. The first-order valence-corrected chi connectivity index (χ1v) is 8.28. The molecule has 3 rings (SSSR count). The molecule has 0 saturated carbocycles. The van der Waals surface area contributed by atoms with Gasteiger partial charge in [0.2, 0.25) is 0 Å². The van der Waals surface area contributed by atoms with Gasteiger partial charge in [0.1, 0.15) is 11.9 Å². The minimum Gasteiger partial charge on any atom is -0.409 e. The van der Waals surface area contributed by atoms with Gasteiger partial charge in [-0.3, -0.25) is 15.3 Å². The van der Waals surface area contributed by atoms with Crippen molar-refractivity contribution in [2.24, 2.45) is 10.1 Å². The molecule has 2 aromatic rings. The average molecular weight is 377 g/mol. The SMILES string of the molecule is CN(C)/C(=N/O)C1CN(O)C(c2ccccc2F)=c2cc(Cl)ccc2=N1. The summed E-state index contributed by atoms with van der Waals surface area (Å²) in [4.78, 5) is 6.20. The van der Waals surface area contributed by atoms with Crippen molar-refractivity contribution in [1.82, 2.24) is 9.96 Å². The number of oxime groups is 1. The van der Waals surface area contributed by atoms with E-state index in [0.717, 1.165) is 5.06 Å². The molecule has 1 unspecified atom stereocenters. The lowest BCUT2D eigenvalue weighted by atomic mass is 10.1. The second-order valence-electron chi connectivity index (χ2n) is 6.07. The Bertz CT molecular complexity index is 977. The van der Waals surface area contributed by atoms with E-state index in [-0.39, 0.29) is 23.6 Å². The molecule has 1 atom stereocenters. The molecule has 2 N–H and O–H groups in total. The molecule has 0 fully saturated rings. The van der Waals surface area contributed by atoms with E-state index in [9.17, 15) is 14.8 Å². The van der Waals surface area contributed by atoms with E-state index in [1.54, 1.807) is 55.4 Å². The minimum atomic E-state index is -0.663. The van der Waals surface area contributed by atoms with Crippen LogP contribution in [0.15, 0.2) is 52.6 Å². The van der Waals surface area contributed by atoms with Gasteiger partial charge in [0.25, 0.3) is 0 Å². The number of halogens is 2. The fourth-order valence-corrected chi connectivity index (χ4v) is 3.12. The summed E-state index contributed by atoms with van der Waals surface area (Å²) in [5, 5.41) is 25.7. The van der Waals surface area contributed by atoms with Crippen molar-refractivity contribution in [1.29, 1.82) is 0 Å². The van der Waals surface area contributed by atoms with Crippen LogP contribution in [0.2, 0.25) is 5.02 Å². The molecule has 0 aliphatic carbocycles. The third-order valence-corrected chi connectivity index (χ3v) is 4.34. The highest BCUT2D eigenvalue weighted by Crippen LogP contribution is 2.20. The maximum absolute atomic E-state index is 14.4. The molecule has 1 heterocycles. The Kier molecular flexibility index (Phi) is 5.11. The van der Waals surface area contributed by atoms with Gasteiger partial charge in [0.05, 0.1) is 17.6 Å². The predicted octanol–water partition coefficient (Wildman–Crippen LogP) is 1.68. The van der Waals surface area contributed by atoms with Crippen LogP contribution in [-0.4, -0.2) is 52.9 Å². The molecule has 0 aromatic heterocycles. The Balaban J connectivity index is 2.33. The lowest BCUT2D eigenvalue weighted by Crippen LogP contribution is -2.40. The van der Waals surface area contributed by atoms with E-state index < -0.39 is 11.9 Å². The molecule has 1 aliphatic heterocycles. The zero-order valence-electron chi connectivity index (χ0n) is 14.3. The molecule has 1 aliphatic rings. The van der Waals surface area contributed by atoms with Crippen LogP contribution in [0.1, 0.15) is 5.56 Å². The van der Waals surface area contributed by atoms with Crippen molar-refractivity contribution < 1.29 is 14.8 Å². The van der Waals surface area contributed by atoms with Gasteiger partial charge >= 0.3 is 0 Å². The summed E-state index contributed by atoms with van der Waals surface area (Å²) in [6, 6.07) is 10.5. The van der Waals surface area contributed by atoms with Gasteiger partial charge in [0, 0.05) is 29.9 Å². The van der Waals surface area contributed by atoms with Crippen molar-refractivity contribution in [3.63, 3.8) is 0 Å². The first-order valence-electron chi connectivity index (χ1n) is 7.90. The molecule has 0 saturated heterocycles. The second-order valence-corrected chi connectivity index (χ2v) is 6.51. The van der Waals surface area contributed by atoms with Crippen LogP contribution in [0, 0.1) is 5.82 Å². The largest absolute Gasteiger partial charge is 0.409 e. The van der Waals surface area contributed by atoms with Crippen molar-refractivity contribution >= 4 is 23.1 Å². The molecular formula is C18H18ClFN4O2. The molecule has 6 nitrogen and oxygen atoms in total. The number of hydrogen-bond acceptors (Lipinski definition) is 5. The molecule has 0 spiro atoms. The Morgan fingerprint density at radius 1 is 1.31 bits per heavy atom. The molecule has 0 radical (unpaired) electrons. The topological polar surface area (TPSA) is 71.7 Å². The summed E-state index contributed by atoms with van der Waals surface area (Å²) in [6.07, 6.45) is 0. The van der Waals surface area contributed by atoms with Crippen LogP contribution in [-0.2, 0) is 0 Å². The standard InChI is InChI=1S/C18H18ClFN4O2/c1-23(2)18(22-25)16-10-24(26)17(12-5-3-4-6-14(12)20)13-9-11(19)7-8-15(13)21-16/h3-9,16,25-26H,10H2,1-2H3/b22-18+. The summed E-state index contributed by atoms with van der Waals surface area (Å²) in [7, 11) is 3.42. The van der Waals surface area contributed by atoms with Crippen LogP contribution in [0.4, 0.5) is 4.39 Å². The number of rotatable bonds is 2. The number of benzene rings is 2. The third-order valence-electron chi connectivity index (χ3n) is 4.10. The van der Waals surface area contributed by atoms with Crippen molar-refractivity contribution in [3.8, 4) is 0 Å². The predicted molar refractivity (Wildman–Crippen MR) is 96.3 cm³/mol. The van der Waals surface area contributed by atoms with Crippen LogP contribution in [0.3, 0.4) is 0 Å². The van der Waals surface area contributed by atoms with Gasteiger partial charge in [0.15, 0.2) is 5.84 Å². The van der Waals surface area contributed by atoms with E-state index in [1.807, 2.05) is 0 Å². The molecular weight excluding hydrogens is 359 g/mol. The van der Waals surface area contributed by atoms with E-state index in [0.29, 0.717) is 15.6 Å². The van der Waals surface area contributed by atoms with Crippen LogP contribution < -0.4 is 10.6 Å². The van der Waals surface area contributed by atoms with Crippen molar-refractivity contribution in [2.75, 3.05) is 20.6 Å². The fourth-order valence-electron chi connectivity index (χ4n) is 2.94. The Morgan fingerprint density at radius 3 is 2.69 bits per heavy atom. The van der Waals surface area contributed by atoms with Gasteiger partial charge in [-0.1, -0.05) is 28.9 Å². The van der Waals surface area contributed by atoms with Crippen LogP contribution in [0.5, 0.6) is 0 Å². The number of hydrogen-bond donors (Lipinski definition) is 2. The summed E-state index contributed by atoms with van der Waals surface area (Å²) in [5.74, 6) is -0.214. The highest BCUT2D eigenvalue weighted by atomic mass is 35.5. The van der Waals surface area contributed by atoms with Gasteiger partial charge in [-0.15, -0.1) is 0 Å². The normalized spacial score (nSPS) is 17.4. The Hall–Kier alpha value is -2.64. The highest BCUT2D eigenvalue weighted by Gasteiger charge is 2.26. The molecule has 0 bridgehead atoms. The zero-order valence-corrected chi connectivity index (χ0v) is 15.0. The lowest BCUT2D eigenvalue weighted by molar-refractivity contribution is -0.0282. The number of hydroxylamine groups is 2. The Morgan fingerprint density at radius 2 is 2.04 bits per heavy atom. The summed E-state index contributed by atoms with van der Waals surface area (Å²) in [5.41, 5.74) is 0.476. The van der Waals surface area contributed by atoms with E-state index >= 15 is 0 Å². The summed E-state index contributed by atoms with van der Waals surface area (Å²) < 4.78 is 14.4. The fraction of sp³-hybridized carbons (Fsp3) is 0.222. The van der Waals surface area contributed by atoms with Gasteiger partial charge in [-0.25, -0.2) is 4.39 Å². The monoisotopic (exact) mass is 376 g/mol. The maximum Gasteiger partial charge on any atom is 0.170 e. The average Bonchev–Trinajstić information content (AvgIpc) is 2.72. The molecule has 136 valence electrons. The molecule has 2 aromatic carbocycles.